The number of alkyl carbamates (subject to hydrolysis) is 1. The molecule has 1 fully saturated rings. The van der Waals surface area contributed by atoms with Crippen LogP contribution in [0.5, 0.6) is 0 Å². The molecule has 1 unspecified atom stereocenters. The van der Waals surface area contributed by atoms with E-state index in [0.29, 0.717) is 42.1 Å². The molecule has 0 radical (unpaired) electrons. The van der Waals surface area contributed by atoms with E-state index in [1.54, 1.807) is 45.0 Å². The molecule has 2 aromatic carbocycles. The SMILES string of the molecule is CC(C)(C)OC(=O)NCCCc1ccc(Cl)cc1NC(=O)NCc1ccc2c(c1)CN(C1CCC(=O)NC1=O)C2=O. The summed E-state index contributed by atoms with van der Waals surface area (Å²) in [6.07, 6.45) is 1.22. The van der Waals surface area contributed by atoms with Gasteiger partial charge in [-0.05, 0) is 74.9 Å². The molecule has 0 bridgehead atoms. The highest BCUT2D eigenvalue weighted by Crippen LogP contribution is 2.28. The second-order valence-corrected chi connectivity index (χ2v) is 11.5. The maximum Gasteiger partial charge on any atom is 0.407 e. The zero-order valence-corrected chi connectivity index (χ0v) is 24.0. The Morgan fingerprint density at radius 2 is 1.88 bits per heavy atom. The number of carbonyl (C=O) groups is 5. The van der Waals surface area contributed by atoms with Crippen molar-refractivity contribution in [1.82, 2.24) is 20.9 Å². The molecule has 2 aliphatic rings. The maximum atomic E-state index is 12.9. The van der Waals surface area contributed by atoms with Gasteiger partial charge in [0.25, 0.3) is 5.91 Å². The molecule has 4 rings (SSSR count). The van der Waals surface area contributed by atoms with Gasteiger partial charge in [-0.2, -0.15) is 0 Å². The first-order chi connectivity index (χ1) is 19.4. The minimum atomic E-state index is -0.681. The van der Waals surface area contributed by atoms with Crippen LogP contribution in [0.3, 0.4) is 0 Å². The van der Waals surface area contributed by atoms with Gasteiger partial charge >= 0.3 is 12.1 Å². The molecular formula is C29H34ClN5O6. The summed E-state index contributed by atoms with van der Waals surface area (Å²) in [6.45, 7) is 6.27. The smallest absolute Gasteiger partial charge is 0.407 e. The van der Waals surface area contributed by atoms with Crippen molar-refractivity contribution in [2.75, 3.05) is 11.9 Å². The fraction of sp³-hybridized carbons (Fsp3) is 0.414. The molecule has 0 aromatic heterocycles. The van der Waals surface area contributed by atoms with Crippen LogP contribution in [0.25, 0.3) is 0 Å². The number of halogens is 1. The molecule has 0 saturated carbocycles. The molecule has 2 heterocycles. The summed E-state index contributed by atoms with van der Waals surface area (Å²) in [5.74, 6) is -1.04. The summed E-state index contributed by atoms with van der Waals surface area (Å²) in [6, 6.07) is 9.42. The average molecular weight is 584 g/mol. The maximum absolute atomic E-state index is 12.9. The number of amides is 6. The van der Waals surface area contributed by atoms with E-state index in [1.807, 2.05) is 12.1 Å². The Morgan fingerprint density at radius 1 is 1.10 bits per heavy atom. The predicted molar refractivity (Wildman–Crippen MR) is 152 cm³/mol. The highest BCUT2D eigenvalue weighted by atomic mass is 35.5. The van der Waals surface area contributed by atoms with Gasteiger partial charge in [-0.25, -0.2) is 9.59 Å². The lowest BCUT2D eigenvalue weighted by Gasteiger charge is -2.29. The van der Waals surface area contributed by atoms with E-state index < -0.39 is 29.7 Å². The Morgan fingerprint density at radius 3 is 2.61 bits per heavy atom. The lowest BCUT2D eigenvalue weighted by Crippen LogP contribution is -2.52. The number of hydrogen-bond donors (Lipinski definition) is 4. The molecule has 0 aliphatic carbocycles. The van der Waals surface area contributed by atoms with E-state index in [-0.39, 0.29) is 31.3 Å². The fourth-order valence-electron chi connectivity index (χ4n) is 4.75. The molecule has 0 spiro atoms. The van der Waals surface area contributed by atoms with E-state index >= 15 is 0 Å². The fourth-order valence-corrected chi connectivity index (χ4v) is 4.93. The lowest BCUT2D eigenvalue weighted by atomic mass is 10.0. The third kappa shape index (κ3) is 7.97. The summed E-state index contributed by atoms with van der Waals surface area (Å²) in [5, 5.41) is 11.1. The van der Waals surface area contributed by atoms with E-state index in [0.717, 1.165) is 16.7 Å². The van der Waals surface area contributed by atoms with Crippen molar-refractivity contribution in [1.29, 1.82) is 0 Å². The number of fused-ring (bicyclic) bond motifs is 1. The quantitative estimate of drug-likeness (QED) is 0.274. The van der Waals surface area contributed by atoms with Crippen LogP contribution in [0.2, 0.25) is 5.02 Å². The zero-order valence-electron chi connectivity index (χ0n) is 23.3. The largest absolute Gasteiger partial charge is 0.444 e. The van der Waals surface area contributed by atoms with Crippen LogP contribution in [0.1, 0.15) is 67.1 Å². The van der Waals surface area contributed by atoms with Crippen molar-refractivity contribution >= 4 is 47.1 Å². The molecule has 1 saturated heterocycles. The number of nitrogens with zero attached hydrogens (tertiary/aromatic N) is 1. The number of benzene rings is 2. The minimum absolute atomic E-state index is 0.193. The number of anilines is 1. The molecule has 12 heteroatoms. The number of hydrogen-bond acceptors (Lipinski definition) is 6. The van der Waals surface area contributed by atoms with Gasteiger partial charge < -0.3 is 25.6 Å². The Labute approximate surface area is 243 Å². The van der Waals surface area contributed by atoms with Gasteiger partial charge in [0.2, 0.25) is 11.8 Å². The first-order valence-corrected chi connectivity index (χ1v) is 13.8. The van der Waals surface area contributed by atoms with Gasteiger partial charge in [0, 0.05) is 42.3 Å². The Hall–Kier alpha value is -4.12. The van der Waals surface area contributed by atoms with Gasteiger partial charge in [0.15, 0.2) is 0 Å². The third-order valence-electron chi connectivity index (χ3n) is 6.65. The minimum Gasteiger partial charge on any atom is -0.444 e. The van der Waals surface area contributed by atoms with Crippen LogP contribution in [-0.2, 0) is 33.8 Å². The zero-order chi connectivity index (χ0) is 29.7. The second kappa shape index (κ2) is 12.6. The first-order valence-electron chi connectivity index (χ1n) is 13.5. The Balaban J connectivity index is 1.30. The Kier molecular flexibility index (Phi) is 9.17. The molecule has 4 N–H and O–H groups in total. The molecule has 218 valence electrons. The van der Waals surface area contributed by atoms with E-state index in [1.165, 1.54) is 4.90 Å². The molecule has 1 atom stereocenters. The monoisotopic (exact) mass is 583 g/mol. The number of aryl methyl sites for hydroxylation is 1. The number of ether oxygens (including phenoxy) is 1. The van der Waals surface area contributed by atoms with Crippen molar-refractivity contribution in [3.63, 3.8) is 0 Å². The predicted octanol–water partition coefficient (Wildman–Crippen LogP) is 3.88. The first kappa shape index (κ1) is 29.9. The molecular weight excluding hydrogens is 550 g/mol. The van der Waals surface area contributed by atoms with Crippen molar-refractivity contribution in [2.45, 2.75) is 71.2 Å². The lowest BCUT2D eigenvalue weighted by molar-refractivity contribution is -0.136. The number of urea groups is 1. The third-order valence-corrected chi connectivity index (χ3v) is 6.89. The summed E-state index contributed by atoms with van der Waals surface area (Å²) in [5.41, 5.74) is 2.91. The molecule has 6 amide bonds. The number of rotatable bonds is 8. The number of nitrogens with one attached hydrogen (secondary N) is 4. The van der Waals surface area contributed by atoms with Gasteiger partial charge in [-0.3, -0.25) is 19.7 Å². The molecule has 41 heavy (non-hydrogen) atoms. The van der Waals surface area contributed by atoms with Crippen LogP contribution < -0.4 is 21.3 Å². The van der Waals surface area contributed by atoms with Crippen molar-refractivity contribution < 1.29 is 28.7 Å². The molecule has 2 aromatic rings. The highest BCUT2D eigenvalue weighted by Gasteiger charge is 2.39. The summed E-state index contributed by atoms with van der Waals surface area (Å²) < 4.78 is 5.24. The average Bonchev–Trinajstić information content (AvgIpc) is 3.20. The van der Waals surface area contributed by atoms with Crippen molar-refractivity contribution in [3.8, 4) is 0 Å². The van der Waals surface area contributed by atoms with Crippen LogP contribution in [0.4, 0.5) is 15.3 Å². The Bertz CT molecular complexity index is 1370. The van der Waals surface area contributed by atoms with Crippen LogP contribution in [-0.4, -0.2) is 52.9 Å². The van der Waals surface area contributed by atoms with Gasteiger partial charge in [-0.1, -0.05) is 29.8 Å². The van der Waals surface area contributed by atoms with Crippen LogP contribution in [0.15, 0.2) is 36.4 Å². The van der Waals surface area contributed by atoms with Crippen LogP contribution in [0, 0.1) is 0 Å². The van der Waals surface area contributed by atoms with Crippen molar-refractivity contribution in [3.05, 3.63) is 63.7 Å². The number of carbonyl (C=O) groups excluding carboxylic acids is 5. The number of piperidine rings is 1. The summed E-state index contributed by atoms with van der Waals surface area (Å²) >= 11 is 6.17. The van der Waals surface area contributed by atoms with Crippen molar-refractivity contribution in [2.24, 2.45) is 0 Å². The highest BCUT2D eigenvalue weighted by molar-refractivity contribution is 6.31. The number of imide groups is 1. The van der Waals surface area contributed by atoms with E-state index in [9.17, 15) is 24.0 Å². The van der Waals surface area contributed by atoms with E-state index in [4.69, 9.17) is 16.3 Å². The summed E-state index contributed by atoms with van der Waals surface area (Å²) in [4.78, 5) is 62.7. The second-order valence-electron chi connectivity index (χ2n) is 11.0. The van der Waals surface area contributed by atoms with E-state index in [2.05, 4.69) is 21.3 Å². The standard InChI is InChI=1S/C29H34ClN5O6/c1-29(2,3)41-28(40)31-12-4-5-18-7-8-20(30)14-22(18)33-27(39)32-15-17-6-9-21-19(13-17)16-35(26(21)38)23-10-11-24(36)34-25(23)37/h6-9,13-14,23H,4-5,10-12,15-16H2,1-3H3,(H,31,40)(H2,32,33,39)(H,34,36,37). The van der Waals surface area contributed by atoms with Gasteiger partial charge in [0.1, 0.15) is 11.6 Å². The topological polar surface area (TPSA) is 146 Å². The summed E-state index contributed by atoms with van der Waals surface area (Å²) in [7, 11) is 0. The van der Waals surface area contributed by atoms with Gasteiger partial charge in [0.05, 0.1) is 0 Å². The normalized spacial score (nSPS) is 16.6. The van der Waals surface area contributed by atoms with Gasteiger partial charge in [-0.15, -0.1) is 0 Å². The van der Waals surface area contributed by atoms with Crippen LogP contribution >= 0.6 is 11.6 Å². The molecule has 2 aliphatic heterocycles. The molecule has 11 nitrogen and oxygen atoms in total.